The molecule has 1 aromatic heterocycles. The van der Waals surface area contributed by atoms with Gasteiger partial charge in [0.15, 0.2) is 10.6 Å². The van der Waals surface area contributed by atoms with Crippen LogP contribution in [-0.4, -0.2) is 55.0 Å². The van der Waals surface area contributed by atoms with Gasteiger partial charge in [-0.15, -0.1) is 11.3 Å². The van der Waals surface area contributed by atoms with Crippen molar-refractivity contribution in [3.63, 3.8) is 0 Å². The minimum atomic E-state index is -0.272. The molecule has 2 N–H and O–H groups in total. The summed E-state index contributed by atoms with van der Waals surface area (Å²) in [6.07, 6.45) is 2.17. The van der Waals surface area contributed by atoms with Crippen LogP contribution in [-0.2, 0) is 6.42 Å². The number of nitriles is 1. The number of carbonyl (C=O) groups excluding carboxylic acids is 2. The molecule has 2 aromatic carbocycles. The summed E-state index contributed by atoms with van der Waals surface area (Å²) in [5, 5.41) is 11.8. The Bertz CT molecular complexity index is 1380. The Morgan fingerprint density at radius 3 is 2.80 bits per heavy atom. The first kappa shape index (κ1) is 23.8. The van der Waals surface area contributed by atoms with E-state index in [4.69, 9.17) is 4.74 Å². The first-order valence-corrected chi connectivity index (χ1v) is 12.4. The van der Waals surface area contributed by atoms with Crippen LogP contribution < -0.4 is 22.5 Å². The van der Waals surface area contributed by atoms with Crippen molar-refractivity contribution in [2.24, 2.45) is 5.92 Å². The number of benzene rings is 2. The molecule has 1 saturated heterocycles. The van der Waals surface area contributed by atoms with Gasteiger partial charge in [-0.1, -0.05) is 18.2 Å². The second-order valence-corrected chi connectivity index (χ2v) is 10.3. The summed E-state index contributed by atoms with van der Waals surface area (Å²) in [4.78, 5) is 30.5. The molecule has 0 bridgehead atoms. The minimum absolute atomic E-state index is 0. The van der Waals surface area contributed by atoms with Crippen LogP contribution in [0.5, 0.6) is 5.75 Å². The molecule has 3 aliphatic rings. The number of quaternary nitrogens is 1. The molecule has 35 heavy (non-hydrogen) atoms. The van der Waals surface area contributed by atoms with Crippen LogP contribution in [0.15, 0.2) is 36.4 Å². The lowest BCUT2D eigenvalue weighted by Gasteiger charge is -2.28. The highest BCUT2D eigenvalue weighted by molar-refractivity contribution is 7.21. The predicted octanol–water partition coefficient (Wildman–Crippen LogP) is 0.218. The summed E-state index contributed by atoms with van der Waals surface area (Å²) >= 11 is 1.31. The van der Waals surface area contributed by atoms with Crippen LogP contribution in [0, 0.1) is 17.2 Å². The van der Waals surface area contributed by atoms with Gasteiger partial charge in [0.2, 0.25) is 0 Å². The average molecular weight is 509 g/mol. The smallest absolute Gasteiger partial charge is 0.428 e. The molecule has 0 spiro atoms. The molecular formula is C26H25ClN4O3S. The molecule has 0 unspecified atom stereocenters. The molecule has 1 aliphatic carbocycles. The van der Waals surface area contributed by atoms with Crippen molar-refractivity contribution in [1.29, 1.82) is 5.26 Å². The normalized spacial score (nSPS) is 21.2. The summed E-state index contributed by atoms with van der Waals surface area (Å²) in [5.41, 5.74) is 3.91. The number of nitrogens with two attached hydrogens (primary N) is 1. The van der Waals surface area contributed by atoms with Gasteiger partial charge < -0.3 is 22.0 Å². The van der Waals surface area contributed by atoms with Gasteiger partial charge in [0.05, 0.1) is 22.8 Å². The van der Waals surface area contributed by atoms with Crippen molar-refractivity contribution in [3.8, 4) is 11.8 Å². The van der Waals surface area contributed by atoms with Crippen LogP contribution in [0.2, 0.25) is 0 Å². The molecule has 2 aliphatic heterocycles. The van der Waals surface area contributed by atoms with E-state index in [0.29, 0.717) is 41.1 Å². The fourth-order valence-corrected chi connectivity index (χ4v) is 7.10. The van der Waals surface area contributed by atoms with Gasteiger partial charge in [-0.05, 0) is 48.1 Å². The lowest BCUT2D eigenvalue weighted by molar-refractivity contribution is -0.471. The maximum Gasteiger partial charge on any atom is 0.428 e. The Labute approximate surface area is 213 Å². The van der Waals surface area contributed by atoms with Crippen LogP contribution in [0.3, 0.4) is 0 Å². The molecule has 3 amide bonds. The van der Waals surface area contributed by atoms with Gasteiger partial charge in [0.1, 0.15) is 11.8 Å². The summed E-state index contributed by atoms with van der Waals surface area (Å²) < 4.78 is 6.36. The SMILES string of the molecule is COc1cccc2c1CC[C@H]1CN(CCN3C(=O)[NH2+]c4c(sc5c(C#N)cccc45)C3=O)C[C@@H]21.[Cl-]. The van der Waals surface area contributed by atoms with Crippen molar-refractivity contribution in [2.45, 2.75) is 18.8 Å². The van der Waals surface area contributed by atoms with Crippen LogP contribution >= 0.6 is 11.3 Å². The van der Waals surface area contributed by atoms with Gasteiger partial charge in [0.25, 0.3) is 5.91 Å². The minimum Gasteiger partial charge on any atom is -1.00 e. The summed E-state index contributed by atoms with van der Waals surface area (Å²) in [6.45, 7) is 2.96. The number of methoxy groups -OCH3 is 1. The number of urea groups is 1. The maximum absolute atomic E-state index is 13.3. The van der Waals surface area contributed by atoms with E-state index in [1.807, 2.05) is 12.1 Å². The highest BCUT2D eigenvalue weighted by Crippen LogP contribution is 2.44. The van der Waals surface area contributed by atoms with Crippen LogP contribution in [0.4, 0.5) is 10.5 Å². The molecule has 3 aromatic rings. The van der Waals surface area contributed by atoms with E-state index in [9.17, 15) is 14.9 Å². The number of primary amides is 1. The van der Waals surface area contributed by atoms with Crippen molar-refractivity contribution in [2.75, 3.05) is 33.3 Å². The average Bonchev–Trinajstić information content (AvgIpc) is 3.45. The first-order valence-electron chi connectivity index (χ1n) is 11.6. The Morgan fingerprint density at radius 1 is 1.17 bits per heavy atom. The lowest BCUT2D eigenvalue weighted by atomic mass is 9.77. The third kappa shape index (κ3) is 3.80. The van der Waals surface area contributed by atoms with Crippen LogP contribution in [0.1, 0.15) is 38.7 Å². The largest absolute Gasteiger partial charge is 1.00 e. The quantitative estimate of drug-likeness (QED) is 0.544. The standard InChI is InChI=1S/C26H24N4O3S.ClH/c1-33-21-7-3-5-17-18(21)9-8-16-13-29(14-20(16)17)10-11-30-25(31)24-22(28-26(30)32)19-6-2-4-15(12-27)23(19)34-24;/h2-7,16,20H,8-11,13-14H2,1H3,(H,28,32);1H/t16-,20+;/m0./s1. The van der Waals surface area contributed by atoms with Crippen molar-refractivity contribution >= 4 is 39.0 Å². The van der Waals surface area contributed by atoms with Crippen molar-refractivity contribution in [1.82, 2.24) is 9.80 Å². The topological polar surface area (TPSA) is 90.2 Å². The fraction of sp³-hybridized carbons (Fsp3) is 0.346. The number of rotatable bonds is 4. The number of likely N-dealkylation sites (tertiary alicyclic amines) is 1. The van der Waals surface area contributed by atoms with E-state index in [-0.39, 0.29) is 24.3 Å². The molecule has 7 nitrogen and oxygen atoms in total. The Balaban J connectivity index is 0.00000253. The third-order valence-corrected chi connectivity index (χ3v) is 8.80. The van der Waals surface area contributed by atoms with Gasteiger partial charge in [-0.25, -0.2) is 15.0 Å². The van der Waals surface area contributed by atoms with Gasteiger partial charge in [-0.3, -0.25) is 4.79 Å². The van der Waals surface area contributed by atoms with Crippen molar-refractivity contribution in [3.05, 3.63) is 58.0 Å². The number of fused-ring (bicyclic) bond motifs is 6. The molecule has 1 fully saturated rings. The van der Waals surface area contributed by atoms with E-state index in [1.54, 1.807) is 24.6 Å². The molecule has 180 valence electrons. The van der Waals surface area contributed by atoms with Gasteiger partial charge in [-0.2, -0.15) is 5.26 Å². The number of thiophene rings is 1. The fourth-order valence-electron chi connectivity index (χ4n) is 5.91. The van der Waals surface area contributed by atoms with E-state index >= 15 is 0 Å². The molecule has 9 heteroatoms. The van der Waals surface area contributed by atoms with Crippen LogP contribution in [0.25, 0.3) is 10.1 Å². The van der Waals surface area contributed by atoms with E-state index in [2.05, 4.69) is 23.1 Å². The van der Waals surface area contributed by atoms with E-state index < -0.39 is 0 Å². The molecule has 3 heterocycles. The number of hydrogen-bond donors (Lipinski definition) is 1. The zero-order valence-electron chi connectivity index (χ0n) is 19.3. The van der Waals surface area contributed by atoms with E-state index in [1.165, 1.54) is 27.4 Å². The van der Waals surface area contributed by atoms with E-state index in [0.717, 1.165) is 41.8 Å². The molecular weight excluding hydrogens is 484 g/mol. The Kier molecular flexibility index (Phi) is 6.28. The zero-order valence-corrected chi connectivity index (χ0v) is 20.9. The molecule has 0 radical (unpaired) electrons. The summed E-state index contributed by atoms with van der Waals surface area (Å²) in [6, 6.07) is 13.7. The maximum atomic E-state index is 13.3. The van der Waals surface area contributed by atoms with Crippen molar-refractivity contribution < 1.29 is 32.0 Å². The Morgan fingerprint density at radius 2 is 2.00 bits per heavy atom. The lowest BCUT2D eigenvalue weighted by Crippen LogP contribution is -3.00. The second kappa shape index (κ2) is 9.25. The highest BCUT2D eigenvalue weighted by atomic mass is 35.5. The Hall–Kier alpha value is -2.96. The van der Waals surface area contributed by atoms with Gasteiger partial charge in [0, 0.05) is 32.1 Å². The number of imide groups is 1. The zero-order chi connectivity index (χ0) is 23.4. The molecule has 2 atom stereocenters. The molecule has 0 saturated carbocycles. The second-order valence-electron chi connectivity index (χ2n) is 9.27. The summed E-state index contributed by atoms with van der Waals surface area (Å²) in [7, 11) is 1.73. The molecule has 6 rings (SSSR count). The predicted molar refractivity (Wildman–Crippen MR) is 129 cm³/mol. The highest BCUT2D eigenvalue weighted by Gasteiger charge is 2.41. The monoisotopic (exact) mass is 508 g/mol. The number of amides is 3. The number of carbonyl (C=O) groups is 2. The first-order chi connectivity index (χ1) is 16.6. The van der Waals surface area contributed by atoms with Gasteiger partial charge >= 0.3 is 6.03 Å². The number of halogens is 1. The third-order valence-electron chi connectivity index (χ3n) is 7.56. The number of nitrogens with zero attached hydrogens (tertiary/aromatic N) is 3. The summed E-state index contributed by atoms with van der Waals surface area (Å²) in [5.74, 6) is 1.79. The number of ether oxygens (including phenoxy) is 1. The number of hydrogen-bond acceptors (Lipinski definition) is 6.